The van der Waals surface area contributed by atoms with E-state index in [0.29, 0.717) is 6.04 Å². The van der Waals surface area contributed by atoms with Crippen LogP contribution < -0.4 is 0 Å². The first kappa shape index (κ1) is 10.8. The number of amides is 2. The van der Waals surface area contributed by atoms with Crippen LogP contribution in [-0.2, 0) is 4.79 Å². The lowest BCUT2D eigenvalue weighted by Crippen LogP contribution is -2.47. The summed E-state index contributed by atoms with van der Waals surface area (Å²) in [5.41, 5.74) is 0. The van der Waals surface area contributed by atoms with Gasteiger partial charge in [0.25, 0.3) is 0 Å². The van der Waals surface area contributed by atoms with Gasteiger partial charge in [0.05, 0.1) is 0 Å². The van der Waals surface area contributed by atoms with Crippen LogP contribution in [0, 0.1) is 0 Å². The SMILES string of the molecule is CC(C(=O)O)N(C)C(=O)N(C)C1CC1. The predicted molar refractivity (Wildman–Crippen MR) is 51.0 cm³/mol. The average Bonchev–Trinajstić information content (AvgIpc) is 2.96. The van der Waals surface area contributed by atoms with E-state index in [1.807, 2.05) is 0 Å². The first-order valence-electron chi connectivity index (χ1n) is 4.67. The Labute approximate surface area is 83.3 Å². The summed E-state index contributed by atoms with van der Waals surface area (Å²) in [5.74, 6) is -0.981. The number of likely N-dealkylation sites (N-methyl/N-ethyl adjacent to an activating group) is 1. The van der Waals surface area contributed by atoms with Crippen LogP contribution in [-0.4, -0.2) is 53.1 Å². The Morgan fingerprint density at radius 3 is 2.21 bits per heavy atom. The van der Waals surface area contributed by atoms with Crippen LogP contribution in [0.25, 0.3) is 0 Å². The summed E-state index contributed by atoms with van der Waals surface area (Å²) in [6.45, 7) is 1.50. The van der Waals surface area contributed by atoms with Gasteiger partial charge in [-0.05, 0) is 19.8 Å². The number of carbonyl (C=O) groups excluding carboxylic acids is 1. The molecule has 0 saturated heterocycles. The van der Waals surface area contributed by atoms with Crippen molar-refractivity contribution in [3.63, 3.8) is 0 Å². The summed E-state index contributed by atoms with van der Waals surface area (Å²) < 4.78 is 0. The highest BCUT2D eigenvalue weighted by Crippen LogP contribution is 2.26. The minimum atomic E-state index is -0.981. The maximum absolute atomic E-state index is 11.7. The predicted octanol–water partition coefficient (Wildman–Crippen LogP) is 0.605. The normalized spacial score (nSPS) is 17.4. The molecular weight excluding hydrogens is 184 g/mol. The minimum absolute atomic E-state index is 0.220. The highest BCUT2D eigenvalue weighted by Gasteiger charge is 2.33. The molecule has 0 aromatic carbocycles. The lowest BCUT2D eigenvalue weighted by Gasteiger charge is -2.27. The molecule has 1 aliphatic carbocycles. The second-order valence-corrected chi connectivity index (χ2v) is 3.75. The Morgan fingerprint density at radius 1 is 1.36 bits per heavy atom. The molecule has 1 rings (SSSR count). The Balaban J connectivity index is 2.54. The molecule has 1 N–H and O–H groups in total. The van der Waals surface area contributed by atoms with Crippen molar-refractivity contribution in [3.05, 3.63) is 0 Å². The van der Waals surface area contributed by atoms with Crippen molar-refractivity contribution in [2.45, 2.75) is 31.8 Å². The third-order valence-electron chi connectivity index (χ3n) is 2.64. The number of hydrogen-bond acceptors (Lipinski definition) is 2. The second-order valence-electron chi connectivity index (χ2n) is 3.75. The van der Waals surface area contributed by atoms with Gasteiger partial charge in [0.15, 0.2) is 0 Å². The van der Waals surface area contributed by atoms with Crippen LogP contribution in [0.5, 0.6) is 0 Å². The molecule has 1 saturated carbocycles. The molecule has 5 heteroatoms. The van der Waals surface area contributed by atoms with Crippen molar-refractivity contribution < 1.29 is 14.7 Å². The molecule has 1 aliphatic rings. The zero-order valence-corrected chi connectivity index (χ0v) is 8.73. The largest absolute Gasteiger partial charge is 0.480 e. The van der Waals surface area contributed by atoms with E-state index in [2.05, 4.69) is 0 Å². The standard InChI is InChI=1S/C9H16N2O3/c1-6(8(12)13)10(2)9(14)11(3)7-4-5-7/h6-7H,4-5H2,1-3H3,(H,12,13). The molecule has 0 spiro atoms. The van der Waals surface area contributed by atoms with Crippen LogP contribution in [0.3, 0.4) is 0 Å². The minimum Gasteiger partial charge on any atom is -0.480 e. The number of carbonyl (C=O) groups is 2. The molecule has 1 atom stereocenters. The first-order valence-corrected chi connectivity index (χ1v) is 4.67. The molecule has 1 fully saturated rings. The molecule has 0 aromatic rings. The lowest BCUT2D eigenvalue weighted by molar-refractivity contribution is -0.141. The molecule has 1 unspecified atom stereocenters. The number of rotatable bonds is 3. The molecule has 5 nitrogen and oxygen atoms in total. The fourth-order valence-corrected chi connectivity index (χ4v) is 1.20. The van der Waals surface area contributed by atoms with Gasteiger partial charge in [-0.3, -0.25) is 0 Å². The number of aliphatic carboxylic acids is 1. The Morgan fingerprint density at radius 2 is 1.86 bits per heavy atom. The first-order chi connectivity index (χ1) is 6.45. The molecule has 0 aliphatic heterocycles. The quantitative estimate of drug-likeness (QED) is 0.726. The summed E-state index contributed by atoms with van der Waals surface area (Å²) in [6.07, 6.45) is 2.05. The number of carboxylic acids is 1. The van der Waals surface area contributed by atoms with Gasteiger partial charge >= 0.3 is 12.0 Å². The van der Waals surface area contributed by atoms with Gasteiger partial charge in [0.2, 0.25) is 0 Å². The van der Waals surface area contributed by atoms with Crippen molar-refractivity contribution in [2.75, 3.05) is 14.1 Å². The summed E-state index contributed by atoms with van der Waals surface area (Å²) in [7, 11) is 3.23. The molecule has 0 aromatic heterocycles. The van der Waals surface area contributed by atoms with E-state index in [-0.39, 0.29) is 6.03 Å². The van der Waals surface area contributed by atoms with Crippen molar-refractivity contribution in [1.82, 2.24) is 9.80 Å². The molecule has 14 heavy (non-hydrogen) atoms. The highest BCUT2D eigenvalue weighted by atomic mass is 16.4. The van der Waals surface area contributed by atoms with Crippen LogP contribution >= 0.6 is 0 Å². The molecule has 0 bridgehead atoms. The van der Waals surface area contributed by atoms with Gasteiger partial charge in [-0.1, -0.05) is 0 Å². The summed E-state index contributed by atoms with van der Waals surface area (Å²) in [4.78, 5) is 25.2. The molecule has 0 heterocycles. The zero-order chi connectivity index (χ0) is 10.9. The Bertz CT molecular complexity index is 250. The number of urea groups is 1. The smallest absolute Gasteiger partial charge is 0.326 e. The van der Waals surface area contributed by atoms with E-state index < -0.39 is 12.0 Å². The van der Waals surface area contributed by atoms with E-state index in [4.69, 9.17) is 5.11 Å². The van der Waals surface area contributed by atoms with E-state index in [1.165, 1.54) is 18.9 Å². The maximum Gasteiger partial charge on any atom is 0.326 e. The Hall–Kier alpha value is -1.26. The van der Waals surface area contributed by atoms with E-state index in [0.717, 1.165) is 12.8 Å². The van der Waals surface area contributed by atoms with Crippen molar-refractivity contribution >= 4 is 12.0 Å². The summed E-state index contributed by atoms with van der Waals surface area (Å²) in [5, 5.41) is 8.72. The van der Waals surface area contributed by atoms with Gasteiger partial charge in [-0.15, -0.1) is 0 Å². The van der Waals surface area contributed by atoms with Crippen molar-refractivity contribution in [3.8, 4) is 0 Å². The third kappa shape index (κ3) is 2.16. The van der Waals surface area contributed by atoms with Gasteiger partial charge < -0.3 is 14.9 Å². The van der Waals surface area contributed by atoms with Gasteiger partial charge in [-0.2, -0.15) is 0 Å². The van der Waals surface area contributed by atoms with Crippen molar-refractivity contribution in [2.24, 2.45) is 0 Å². The molecule has 0 radical (unpaired) electrons. The van der Waals surface area contributed by atoms with E-state index in [1.54, 1.807) is 11.9 Å². The number of nitrogens with zero attached hydrogens (tertiary/aromatic N) is 2. The average molecular weight is 200 g/mol. The lowest BCUT2D eigenvalue weighted by atomic mass is 10.3. The van der Waals surface area contributed by atoms with Crippen LogP contribution in [0.2, 0.25) is 0 Å². The summed E-state index contributed by atoms with van der Waals surface area (Å²) >= 11 is 0. The molecular formula is C9H16N2O3. The number of hydrogen-bond donors (Lipinski definition) is 1. The number of carboxylic acid groups (broad SMARTS) is 1. The molecule has 80 valence electrons. The van der Waals surface area contributed by atoms with Crippen LogP contribution in [0.15, 0.2) is 0 Å². The second kappa shape index (κ2) is 3.86. The topological polar surface area (TPSA) is 60.9 Å². The monoisotopic (exact) mass is 200 g/mol. The van der Waals surface area contributed by atoms with Crippen LogP contribution in [0.4, 0.5) is 4.79 Å². The van der Waals surface area contributed by atoms with E-state index in [9.17, 15) is 9.59 Å². The van der Waals surface area contributed by atoms with Gasteiger partial charge in [0.1, 0.15) is 6.04 Å². The molecule has 2 amide bonds. The Kier molecular flexibility index (Phi) is 2.98. The van der Waals surface area contributed by atoms with Gasteiger partial charge in [-0.25, -0.2) is 9.59 Å². The fourth-order valence-electron chi connectivity index (χ4n) is 1.20. The zero-order valence-electron chi connectivity index (χ0n) is 8.73. The van der Waals surface area contributed by atoms with E-state index >= 15 is 0 Å². The third-order valence-corrected chi connectivity index (χ3v) is 2.64. The van der Waals surface area contributed by atoms with Crippen LogP contribution in [0.1, 0.15) is 19.8 Å². The summed E-state index contributed by atoms with van der Waals surface area (Å²) in [6, 6.07) is -0.683. The maximum atomic E-state index is 11.7. The van der Waals surface area contributed by atoms with Gasteiger partial charge in [0, 0.05) is 20.1 Å². The van der Waals surface area contributed by atoms with Crippen molar-refractivity contribution in [1.29, 1.82) is 0 Å². The fraction of sp³-hybridized carbons (Fsp3) is 0.778. The highest BCUT2D eigenvalue weighted by molar-refractivity contribution is 5.82.